The maximum absolute atomic E-state index is 5.34. The van der Waals surface area contributed by atoms with Gasteiger partial charge in [0.15, 0.2) is 17.0 Å². The largest absolute Gasteiger partial charge is 0.379 e. The number of hydrogen-bond acceptors (Lipinski definition) is 7. The Morgan fingerprint density at radius 2 is 2.14 bits per heavy atom. The molecule has 0 spiro atoms. The molecule has 1 N–H and O–H groups in total. The first kappa shape index (κ1) is 14.2. The lowest BCUT2D eigenvalue weighted by Gasteiger charge is -2.26. The van der Waals surface area contributed by atoms with Crippen LogP contribution in [0.1, 0.15) is 13.3 Å². The first-order valence-corrected chi connectivity index (χ1v) is 7.46. The van der Waals surface area contributed by atoms with E-state index in [4.69, 9.17) is 4.74 Å². The fourth-order valence-corrected chi connectivity index (χ4v) is 2.47. The van der Waals surface area contributed by atoms with E-state index in [-0.39, 0.29) is 0 Å². The SMILES string of the molecule is CCn1nnc2c(NCCCN3CCOCC3)ncnc21. The highest BCUT2D eigenvalue weighted by Crippen LogP contribution is 2.15. The van der Waals surface area contributed by atoms with Crippen LogP contribution in [0.25, 0.3) is 11.2 Å². The van der Waals surface area contributed by atoms with Crippen molar-refractivity contribution in [3.8, 4) is 0 Å². The number of nitrogens with one attached hydrogen (secondary N) is 1. The molecule has 114 valence electrons. The quantitative estimate of drug-likeness (QED) is 0.770. The van der Waals surface area contributed by atoms with Crippen LogP contribution in [0.2, 0.25) is 0 Å². The Kier molecular flexibility index (Phi) is 4.56. The number of nitrogens with zero attached hydrogens (tertiary/aromatic N) is 6. The standard InChI is InChI=1S/C13H21N7O/c1-2-20-13-11(17-18-20)12(15-10-16-13)14-4-3-5-19-6-8-21-9-7-19/h10H,2-9H2,1H3,(H,14,15,16). The molecule has 2 aromatic heterocycles. The Balaban J connectivity index is 1.54. The van der Waals surface area contributed by atoms with Gasteiger partial charge in [0.1, 0.15) is 6.33 Å². The van der Waals surface area contributed by atoms with Crippen molar-refractivity contribution in [3.05, 3.63) is 6.33 Å². The van der Waals surface area contributed by atoms with Gasteiger partial charge in [-0.25, -0.2) is 14.6 Å². The number of aromatic nitrogens is 5. The third-order valence-corrected chi connectivity index (χ3v) is 3.65. The van der Waals surface area contributed by atoms with Crippen molar-refractivity contribution in [1.29, 1.82) is 0 Å². The summed E-state index contributed by atoms with van der Waals surface area (Å²) in [6.45, 7) is 8.47. The van der Waals surface area contributed by atoms with E-state index < -0.39 is 0 Å². The maximum atomic E-state index is 5.34. The Morgan fingerprint density at radius 1 is 1.29 bits per heavy atom. The van der Waals surface area contributed by atoms with Gasteiger partial charge in [-0.05, 0) is 19.9 Å². The van der Waals surface area contributed by atoms with Crippen LogP contribution in [0.3, 0.4) is 0 Å². The van der Waals surface area contributed by atoms with E-state index in [0.717, 1.165) is 69.3 Å². The fraction of sp³-hybridized carbons (Fsp3) is 0.692. The molecule has 0 amide bonds. The zero-order valence-electron chi connectivity index (χ0n) is 12.3. The molecule has 1 aliphatic rings. The lowest BCUT2D eigenvalue weighted by molar-refractivity contribution is 0.0378. The van der Waals surface area contributed by atoms with Crippen molar-refractivity contribution in [2.75, 3.05) is 44.7 Å². The number of ether oxygens (including phenoxy) is 1. The minimum Gasteiger partial charge on any atom is -0.379 e. The Hall–Kier alpha value is -1.80. The molecule has 1 aliphatic heterocycles. The third kappa shape index (κ3) is 3.27. The van der Waals surface area contributed by atoms with Gasteiger partial charge in [0, 0.05) is 26.2 Å². The van der Waals surface area contributed by atoms with Crippen molar-refractivity contribution in [2.24, 2.45) is 0 Å². The van der Waals surface area contributed by atoms with Crippen molar-refractivity contribution < 1.29 is 4.74 Å². The summed E-state index contributed by atoms with van der Waals surface area (Å²) >= 11 is 0. The van der Waals surface area contributed by atoms with Gasteiger partial charge in [0.25, 0.3) is 0 Å². The van der Waals surface area contributed by atoms with Crippen LogP contribution < -0.4 is 5.32 Å². The molecule has 21 heavy (non-hydrogen) atoms. The molecule has 0 bridgehead atoms. The van der Waals surface area contributed by atoms with Gasteiger partial charge in [-0.15, -0.1) is 5.10 Å². The number of anilines is 1. The normalized spacial score (nSPS) is 16.4. The molecule has 8 heteroatoms. The van der Waals surface area contributed by atoms with Crippen LogP contribution in [-0.4, -0.2) is 69.3 Å². The number of aryl methyl sites for hydroxylation is 1. The molecule has 1 fully saturated rings. The zero-order valence-corrected chi connectivity index (χ0v) is 12.3. The first-order chi connectivity index (χ1) is 10.4. The van der Waals surface area contributed by atoms with E-state index in [0.29, 0.717) is 0 Å². The predicted molar refractivity (Wildman–Crippen MR) is 79.2 cm³/mol. The maximum Gasteiger partial charge on any atom is 0.183 e. The molecule has 0 saturated carbocycles. The Bertz CT molecular complexity index is 579. The van der Waals surface area contributed by atoms with Crippen LogP contribution in [0.15, 0.2) is 6.33 Å². The number of fused-ring (bicyclic) bond motifs is 1. The second-order valence-electron chi connectivity index (χ2n) is 5.03. The van der Waals surface area contributed by atoms with Crippen LogP contribution in [0.4, 0.5) is 5.82 Å². The molecule has 2 aromatic rings. The molecule has 0 unspecified atom stereocenters. The molecule has 0 aromatic carbocycles. The third-order valence-electron chi connectivity index (χ3n) is 3.65. The first-order valence-electron chi connectivity index (χ1n) is 7.46. The number of hydrogen-bond donors (Lipinski definition) is 1. The van der Waals surface area contributed by atoms with E-state index in [1.165, 1.54) is 0 Å². The number of rotatable bonds is 6. The minimum atomic E-state index is 0.741. The van der Waals surface area contributed by atoms with Gasteiger partial charge in [-0.1, -0.05) is 5.21 Å². The fourth-order valence-electron chi connectivity index (χ4n) is 2.47. The molecule has 8 nitrogen and oxygen atoms in total. The smallest absolute Gasteiger partial charge is 0.183 e. The van der Waals surface area contributed by atoms with E-state index in [1.807, 2.05) is 6.92 Å². The summed E-state index contributed by atoms with van der Waals surface area (Å²) in [7, 11) is 0. The minimum absolute atomic E-state index is 0.741. The second kappa shape index (κ2) is 6.77. The van der Waals surface area contributed by atoms with Crippen LogP contribution in [-0.2, 0) is 11.3 Å². The van der Waals surface area contributed by atoms with Crippen molar-refractivity contribution in [1.82, 2.24) is 29.9 Å². The van der Waals surface area contributed by atoms with Crippen LogP contribution in [0, 0.1) is 0 Å². The molecule has 0 aliphatic carbocycles. The van der Waals surface area contributed by atoms with Gasteiger partial charge < -0.3 is 10.1 Å². The highest BCUT2D eigenvalue weighted by molar-refractivity contribution is 5.81. The summed E-state index contributed by atoms with van der Waals surface area (Å²) in [6.07, 6.45) is 2.62. The van der Waals surface area contributed by atoms with Crippen LogP contribution in [0.5, 0.6) is 0 Å². The lowest BCUT2D eigenvalue weighted by atomic mass is 10.3. The van der Waals surface area contributed by atoms with E-state index in [2.05, 4.69) is 30.5 Å². The van der Waals surface area contributed by atoms with Crippen molar-refractivity contribution >= 4 is 17.0 Å². The summed E-state index contributed by atoms with van der Waals surface area (Å²) < 4.78 is 7.12. The van der Waals surface area contributed by atoms with Gasteiger partial charge in [0.05, 0.1) is 13.2 Å². The van der Waals surface area contributed by atoms with Gasteiger partial charge >= 0.3 is 0 Å². The van der Waals surface area contributed by atoms with Crippen LogP contribution >= 0.6 is 0 Å². The molecule has 3 rings (SSSR count). The molecular formula is C13H21N7O. The van der Waals surface area contributed by atoms with Crippen molar-refractivity contribution in [2.45, 2.75) is 19.9 Å². The van der Waals surface area contributed by atoms with Crippen molar-refractivity contribution in [3.63, 3.8) is 0 Å². The second-order valence-corrected chi connectivity index (χ2v) is 5.03. The molecule has 0 atom stereocenters. The Morgan fingerprint density at radius 3 is 2.95 bits per heavy atom. The summed E-state index contributed by atoms with van der Waals surface area (Å²) in [5.41, 5.74) is 1.52. The van der Waals surface area contributed by atoms with Gasteiger partial charge in [-0.2, -0.15) is 0 Å². The summed E-state index contributed by atoms with van der Waals surface area (Å²) in [5.74, 6) is 0.765. The zero-order chi connectivity index (χ0) is 14.5. The Labute approximate surface area is 123 Å². The number of morpholine rings is 1. The van der Waals surface area contributed by atoms with E-state index >= 15 is 0 Å². The van der Waals surface area contributed by atoms with E-state index in [9.17, 15) is 0 Å². The molecule has 0 radical (unpaired) electrons. The average Bonchev–Trinajstić information content (AvgIpc) is 2.96. The molecule has 3 heterocycles. The van der Waals surface area contributed by atoms with E-state index in [1.54, 1.807) is 11.0 Å². The average molecular weight is 291 g/mol. The molecular weight excluding hydrogens is 270 g/mol. The highest BCUT2D eigenvalue weighted by atomic mass is 16.5. The summed E-state index contributed by atoms with van der Waals surface area (Å²) in [4.78, 5) is 10.9. The van der Waals surface area contributed by atoms with Gasteiger partial charge in [-0.3, -0.25) is 4.90 Å². The monoisotopic (exact) mass is 291 g/mol. The summed E-state index contributed by atoms with van der Waals surface area (Å²) in [5, 5.41) is 11.6. The predicted octanol–water partition coefficient (Wildman–Crippen LogP) is 0.375. The molecule has 1 saturated heterocycles. The summed E-state index contributed by atoms with van der Waals surface area (Å²) in [6, 6.07) is 0. The highest BCUT2D eigenvalue weighted by Gasteiger charge is 2.11. The van der Waals surface area contributed by atoms with Gasteiger partial charge in [0.2, 0.25) is 0 Å². The topological polar surface area (TPSA) is 81.0 Å². The lowest BCUT2D eigenvalue weighted by Crippen LogP contribution is -2.37.